The summed E-state index contributed by atoms with van der Waals surface area (Å²) < 4.78 is 5.80. The molecule has 146 valence electrons. The first-order chi connectivity index (χ1) is 13.3. The highest BCUT2D eigenvalue weighted by atomic mass is 16.6. The molecule has 1 heterocycles. The number of amides is 1. The Hall–Kier alpha value is -2.88. The van der Waals surface area contributed by atoms with Crippen molar-refractivity contribution >= 4 is 11.9 Å². The molecule has 0 radical (unpaired) electrons. The maximum atomic E-state index is 13.7. The van der Waals surface area contributed by atoms with Gasteiger partial charge in [-0.1, -0.05) is 66.7 Å². The smallest absolute Gasteiger partial charge is 0.333 e. The molecule has 3 rings (SSSR count). The van der Waals surface area contributed by atoms with E-state index in [2.05, 4.69) is 6.58 Å². The molecule has 4 heteroatoms. The molecule has 28 heavy (non-hydrogen) atoms. The Labute approximate surface area is 166 Å². The van der Waals surface area contributed by atoms with Gasteiger partial charge in [0.05, 0.1) is 6.04 Å². The number of morpholine rings is 1. The summed E-state index contributed by atoms with van der Waals surface area (Å²) in [6.07, 6.45) is 2.33. The number of hydrogen-bond donors (Lipinski definition) is 0. The minimum absolute atomic E-state index is 0.184. The lowest BCUT2D eigenvalue weighted by atomic mass is 9.84. The van der Waals surface area contributed by atoms with Crippen LogP contribution in [0.25, 0.3) is 0 Å². The standard InChI is InChI=1S/C24H27NO3/c1-5-16-23(3)22(27)28-24(4,17-19-12-8-6-9-13-19)21(26)25(23)18(2)20-14-10-7-11-15-20/h5-15,18H,1,16-17H2,2-4H3/t18-,23-,24-/m0/s1. The van der Waals surface area contributed by atoms with Crippen molar-refractivity contribution in [3.63, 3.8) is 0 Å². The third kappa shape index (κ3) is 3.47. The Bertz CT molecular complexity index is 864. The van der Waals surface area contributed by atoms with Crippen LogP contribution in [0, 0.1) is 0 Å². The predicted octanol–water partition coefficient (Wildman–Crippen LogP) is 4.47. The summed E-state index contributed by atoms with van der Waals surface area (Å²) in [6, 6.07) is 19.1. The van der Waals surface area contributed by atoms with Gasteiger partial charge in [0.15, 0.2) is 5.60 Å². The largest absolute Gasteiger partial charge is 0.447 e. The second kappa shape index (κ2) is 7.63. The summed E-state index contributed by atoms with van der Waals surface area (Å²) >= 11 is 0. The van der Waals surface area contributed by atoms with E-state index in [9.17, 15) is 9.59 Å². The van der Waals surface area contributed by atoms with E-state index in [1.807, 2.05) is 67.6 Å². The normalized spacial score (nSPS) is 25.9. The number of hydrogen-bond acceptors (Lipinski definition) is 3. The predicted molar refractivity (Wildman–Crippen MR) is 110 cm³/mol. The topological polar surface area (TPSA) is 46.6 Å². The minimum atomic E-state index is -1.25. The number of nitrogens with zero attached hydrogens (tertiary/aromatic N) is 1. The second-order valence-corrected chi connectivity index (χ2v) is 7.81. The van der Waals surface area contributed by atoms with Gasteiger partial charge in [-0.05, 0) is 38.3 Å². The first kappa shape index (κ1) is 19.9. The minimum Gasteiger partial charge on any atom is -0.447 e. The molecule has 0 unspecified atom stereocenters. The van der Waals surface area contributed by atoms with Crippen LogP contribution in [0.15, 0.2) is 73.3 Å². The van der Waals surface area contributed by atoms with Crippen LogP contribution in [-0.4, -0.2) is 27.9 Å². The maximum Gasteiger partial charge on any atom is 0.333 e. The highest BCUT2D eigenvalue weighted by molar-refractivity contribution is 5.98. The Morgan fingerprint density at radius 3 is 2.18 bits per heavy atom. The molecule has 1 saturated heterocycles. The lowest BCUT2D eigenvalue weighted by molar-refractivity contribution is -0.203. The van der Waals surface area contributed by atoms with E-state index in [4.69, 9.17) is 4.74 Å². The average Bonchev–Trinajstić information content (AvgIpc) is 2.68. The summed E-state index contributed by atoms with van der Waals surface area (Å²) in [7, 11) is 0. The Morgan fingerprint density at radius 2 is 1.61 bits per heavy atom. The summed E-state index contributed by atoms with van der Waals surface area (Å²) in [5.74, 6) is -0.579. The fraction of sp³-hybridized carbons (Fsp3) is 0.333. The van der Waals surface area contributed by atoms with Gasteiger partial charge in [-0.25, -0.2) is 4.79 Å². The van der Waals surface area contributed by atoms with Gasteiger partial charge < -0.3 is 9.64 Å². The molecule has 0 spiro atoms. The third-order valence-electron chi connectivity index (χ3n) is 5.56. The molecule has 2 aromatic rings. The van der Waals surface area contributed by atoms with Crippen LogP contribution in [0.5, 0.6) is 0 Å². The average molecular weight is 377 g/mol. The van der Waals surface area contributed by atoms with Gasteiger partial charge >= 0.3 is 5.97 Å². The first-order valence-corrected chi connectivity index (χ1v) is 9.59. The van der Waals surface area contributed by atoms with Gasteiger partial charge in [0.25, 0.3) is 5.91 Å². The van der Waals surface area contributed by atoms with Crippen molar-refractivity contribution in [1.82, 2.24) is 4.90 Å². The Balaban J connectivity index is 2.04. The number of benzene rings is 2. The zero-order valence-corrected chi connectivity index (χ0v) is 16.7. The van der Waals surface area contributed by atoms with Gasteiger partial charge in [-0.3, -0.25) is 4.79 Å². The lowest BCUT2D eigenvalue weighted by Crippen LogP contribution is -2.68. The van der Waals surface area contributed by atoms with Crippen LogP contribution in [0.3, 0.4) is 0 Å². The zero-order chi connectivity index (χ0) is 20.4. The maximum absolute atomic E-state index is 13.7. The highest BCUT2D eigenvalue weighted by Gasteiger charge is 2.57. The van der Waals surface area contributed by atoms with Crippen molar-refractivity contribution in [2.75, 3.05) is 0 Å². The first-order valence-electron chi connectivity index (χ1n) is 9.59. The second-order valence-electron chi connectivity index (χ2n) is 7.81. The van der Waals surface area contributed by atoms with E-state index < -0.39 is 17.1 Å². The van der Waals surface area contributed by atoms with E-state index in [1.165, 1.54) is 0 Å². The fourth-order valence-electron chi connectivity index (χ4n) is 3.98. The van der Waals surface area contributed by atoms with Crippen molar-refractivity contribution in [2.24, 2.45) is 0 Å². The molecule has 1 fully saturated rings. The molecule has 0 saturated carbocycles. The van der Waals surface area contributed by atoms with Crippen molar-refractivity contribution in [1.29, 1.82) is 0 Å². The van der Waals surface area contributed by atoms with Gasteiger partial charge in [0, 0.05) is 6.42 Å². The number of carbonyl (C=O) groups is 2. The molecule has 1 aliphatic rings. The van der Waals surface area contributed by atoms with Crippen LogP contribution in [0.2, 0.25) is 0 Å². The van der Waals surface area contributed by atoms with Crippen molar-refractivity contribution in [3.05, 3.63) is 84.4 Å². The van der Waals surface area contributed by atoms with E-state index >= 15 is 0 Å². The van der Waals surface area contributed by atoms with E-state index in [0.717, 1.165) is 11.1 Å². The van der Waals surface area contributed by atoms with Gasteiger partial charge in [-0.2, -0.15) is 0 Å². The number of cyclic esters (lactones) is 1. The van der Waals surface area contributed by atoms with Crippen molar-refractivity contribution < 1.29 is 14.3 Å². The molecular formula is C24H27NO3. The van der Waals surface area contributed by atoms with Crippen LogP contribution >= 0.6 is 0 Å². The van der Waals surface area contributed by atoms with Gasteiger partial charge in [0.1, 0.15) is 5.54 Å². The molecule has 0 bridgehead atoms. The Kier molecular flexibility index (Phi) is 5.41. The molecule has 4 nitrogen and oxygen atoms in total. The third-order valence-corrected chi connectivity index (χ3v) is 5.56. The summed E-state index contributed by atoms with van der Waals surface area (Å²) in [4.78, 5) is 28.5. The molecule has 2 aromatic carbocycles. The zero-order valence-electron chi connectivity index (χ0n) is 16.7. The molecule has 1 amide bonds. The van der Waals surface area contributed by atoms with E-state index in [0.29, 0.717) is 12.8 Å². The van der Waals surface area contributed by atoms with Crippen LogP contribution in [0.4, 0.5) is 0 Å². The highest BCUT2D eigenvalue weighted by Crippen LogP contribution is 2.40. The SMILES string of the molecule is C=CC[C@@]1(C)C(=O)O[C@@](C)(Cc2ccccc2)C(=O)N1[C@@H](C)c1ccccc1. The van der Waals surface area contributed by atoms with Crippen molar-refractivity contribution in [3.8, 4) is 0 Å². The number of carbonyl (C=O) groups excluding carboxylic acids is 2. The summed E-state index contributed by atoms with van der Waals surface area (Å²) in [5, 5.41) is 0. The van der Waals surface area contributed by atoms with E-state index in [1.54, 1.807) is 24.8 Å². The monoisotopic (exact) mass is 377 g/mol. The molecule has 1 aliphatic heterocycles. The number of rotatable bonds is 6. The molecule has 0 aliphatic carbocycles. The van der Waals surface area contributed by atoms with Crippen LogP contribution in [0.1, 0.15) is 44.4 Å². The van der Waals surface area contributed by atoms with Crippen LogP contribution < -0.4 is 0 Å². The van der Waals surface area contributed by atoms with Crippen LogP contribution in [-0.2, 0) is 20.7 Å². The van der Waals surface area contributed by atoms with Crippen molar-refractivity contribution in [2.45, 2.75) is 50.8 Å². The summed E-state index contributed by atoms with van der Waals surface area (Å²) in [6.45, 7) is 9.21. The number of ether oxygens (including phenoxy) is 1. The molecule has 0 aromatic heterocycles. The molecular weight excluding hydrogens is 350 g/mol. The van der Waals surface area contributed by atoms with Gasteiger partial charge in [0.2, 0.25) is 0 Å². The van der Waals surface area contributed by atoms with Gasteiger partial charge in [-0.15, -0.1) is 6.58 Å². The Morgan fingerprint density at radius 1 is 1.04 bits per heavy atom. The molecule has 0 N–H and O–H groups in total. The fourth-order valence-corrected chi connectivity index (χ4v) is 3.98. The van der Waals surface area contributed by atoms with E-state index in [-0.39, 0.29) is 11.9 Å². The lowest BCUT2D eigenvalue weighted by Gasteiger charge is -2.51. The summed E-state index contributed by atoms with van der Waals surface area (Å²) in [5.41, 5.74) is -0.416. The number of esters is 1. The molecule has 3 atom stereocenters. The quantitative estimate of drug-likeness (QED) is 0.551.